The Labute approximate surface area is 148 Å². The molecule has 2 aliphatic carbocycles. The number of hydrogen-bond acceptors (Lipinski definition) is 4. The molecule has 0 aromatic heterocycles. The van der Waals surface area contributed by atoms with Crippen LogP contribution in [0.5, 0.6) is 0 Å². The predicted molar refractivity (Wildman–Crippen MR) is 90.2 cm³/mol. The monoisotopic (exact) mass is 346 g/mol. The highest BCUT2D eigenvalue weighted by molar-refractivity contribution is 6.09. The van der Waals surface area contributed by atoms with Crippen LogP contribution in [-0.4, -0.2) is 59.9 Å². The number of amides is 3. The van der Waals surface area contributed by atoms with Crippen molar-refractivity contribution in [3.63, 3.8) is 0 Å². The number of rotatable bonds is 4. The molecule has 2 bridgehead atoms. The zero-order chi connectivity index (χ0) is 17.7. The van der Waals surface area contributed by atoms with Crippen LogP contribution in [-0.2, 0) is 19.1 Å². The molecule has 0 unspecified atom stereocenters. The van der Waals surface area contributed by atoms with E-state index in [1.807, 2.05) is 13.8 Å². The van der Waals surface area contributed by atoms with Crippen molar-refractivity contribution in [2.45, 2.75) is 32.7 Å². The van der Waals surface area contributed by atoms with Gasteiger partial charge >= 0.3 is 0 Å². The highest BCUT2D eigenvalue weighted by Gasteiger charge is 2.61. The Morgan fingerprint density at radius 3 is 2.20 bits per heavy atom. The summed E-state index contributed by atoms with van der Waals surface area (Å²) in [7, 11) is 0. The molecule has 2 aliphatic heterocycles. The first-order valence-corrected chi connectivity index (χ1v) is 9.40. The van der Waals surface area contributed by atoms with E-state index in [9.17, 15) is 14.4 Å². The van der Waals surface area contributed by atoms with E-state index in [1.165, 1.54) is 4.90 Å². The van der Waals surface area contributed by atoms with E-state index in [4.69, 9.17) is 4.74 Å². The van der Waals surface area contributed by atoms with Crippen molar-refractivity contribution in [3.8, 4) is 0 Å². The van der Waals surface area contributed by atoms with Gasteiger partial charge in [-0.05, 0) is 30.6 Å². The van der Waals surface area contributed by atoms with E-state index >= 15 is 0 Å². The van der Waals surface area contributed by atoms with Gasteiger partial charge in [-0.25, -0.2) is 0 Å². The van der Waals surface area contributed by atoms with Gasteiger partial charge in [-0.15, -0.1) is 0 Å². The van der Waals surface area contributed by atoms with Gasteiger partial charge in [0.2, 0.25) is 17.7 Å². The number of morpholine rings is 1. The van der Waals surface area contributed by atoms with Crippen LogP contribution in [0.15, 0.2) is 12.2 Å². The third-order valence-corrected chi connectivity index (χ3v) is 6.12. The first kappa shape index (κ1) is 16.8. The lowest BCUT2D eigenvalue weighted by atomic mass is 9.85. The van der Waals surface area contributed by atoms with Crippen molar-refractivity contribution in [2.24, 2.45) is 29.6 Å². The molecule has 5 atom stereocenters. The highest BCUT2D eigenvalue weighted by Crippen LogP contribution is 2.53. The van der Waals surface area contributed by atoms with Gasteiger partial charge in [-0.3, -0.25) is 19.3 Å². The first-order chi connectivity index (χ1) is 12.0. The van der Waals surface area contributed by atoms with E-state index in [1.54, 1.807) is 4.90 Å². The summed E-state index contributed by atoms with van der Waals surface area (Å²) in [6.45, 7) is 6.14. The molecule has 0 spiro atoms. The van der Waals surface area contributed by atoms with Crippen molar-refractivity contribution in [2.75, 3.05) is 26.3 Å². The van der Waals surface area contributed by atoms with Crippen LogP contribution in [0.2, 0.25) is 0 Å². The summed E-state index contributed by atoms with van der Waals surface area (Å²) >= 11 is 0. The van der Waals surface area contributed by atoms with Gasteiger partial charge in [0, 0.05) is 13.1 Å². The Bertz CT molecular complexity index is 593. The minimum Gasteiger partial charge on any atom is -0.378 e. The highest BCUT2D eigenvalue weighted by atomic mass is 16.5. The van der Waals surface area contributed by atoms with E-state index in [2.05, 4.69) is 12.2 Å². The lowest BCUT2D eigenvalue weighted by molar-refractivity contribution is -0.154. The molecule has 0 aromatic carbocycles. The Morgan fingerprint density at radius 1 is 1.12 bits per heavy atom. The number of imide groups is 1. The maximum atomic E-state index is 13.1. The fourth-order valence-electron chi connectivity index (χ4n) is 4.99. The number of likely N-dealkylation sites (tertiary alicyclic amines) is 1. The van der Waals surface area contributed by atoms with Crippen LogP contribution in [0, 0.1) is 29.6 Å². The second-order valence-electron chi connectivity index (χ2n) is 8.13. The maximum Gasteiger partial charge on any atom is 0.246 e. The maximum absolute atomic E-state index is 13.1. The fraction of sp³-hybridized carbons (Fsp3) is 0.737. The summed E-state index contributed by atoms with van der Waals surface area (Å²) in [6, 6.07) is -0.664. The minimum absolute atomic E-state index is 0.0982. The number of nitrogens with zero attached hydrogens (tertiary/aromatic N) is 2. The third kappa shape index (κ3) is 2.62. The van der Waals surface area contributed by atoms with Crippen molar-refractivity contribution in [1.82, 2.24) is 9.80 Å². The largest absolute Gasteiger partial charge is 0.378 e. The summed E-state index contributed by atoms with van der Waals surface area (Å²) in [5, 5.41) is 0. The normalized spacial score (nSPS) is 35.0. The van der Waals surface area contributed by atoms with E-state index in [0.717, 1.165) is 6.42 Å². The van der Waals surface area contributed by atoms with Crippen LogP contribution in [0.4, 0.5) is 0 Å². The molecule has 0 radical (unpaired) electrons. The van der Waals surface area contributed by atoms with Gasteiger partial charge in [-0.1, -0.05) is 26.0 Å². The van der Waals surface area contributed by atoms with Crippen molar-refractivity contribution in [1.29, 1.82) is 0 Å². The average molecular weight is 346 g/mol. The lowest BCUT2D eigenvalue weighted by Crippen LogP contribution is -2.54. The molecular weight excluding hydrogens is 320 g/mol. The number of allylic oxidation sites excluding steroid dienone is 2. The SMILES string of the molecule is CC(C)C[C@@H](C(=O)N1CCOCC1)N1C(=O)[C@@H]2[C@H](C1=O)[C@H]1C=C[C@H]2C1. The van der Waals surface area contributed by atoms with Gasteiger partial charge in [0.25, 0.3) is 0 Å². The Kier molecular flexibility index (Phi) is 4.18. The van der Waals surface area contributed by atoms with Crippen molar-refractivity contribution >= 4 is 17.7 Å². The molecular formula is C19H26N2O4. The smallest absolute Gasteiger partial charge is 0.246 e. The van der Waals surface area contributed by atoms with Gasteiger partial charge in [-0.2, -0.15) is 0 Å². The van der Waals surface area contributed by atoms with Gasteiger partial charge in [0.15, 0.2) is 0 Å². The molecule has 4 rings (SSSR count). The van der Waals surface area contributed by atoms with Crippen LogP contribution >= 0.6 is 0 Å². The summed E-state index contributed by atoms with van der Waals surface area (Å²) < 4.78 is 5.33. The Hall–Kier alpha value is -1.69. The van der Waals surface area contributed by atoms with E-state index in [0.29, 0.717) is 32.7 Å². The molecule has 25 heavy (non-hydrogen) atoms. The number of hydrogen-bond donors (Lipinski definition) is 0. The molecule has 3 amide bonds. The number of carbonyl (C=O) groups is 3. The lowest BCUT2D eigenvalue weighted by Gasteiger charge is -2.34. The molecule has 0 N–H and O–H groups in total. The Balaban J connectivity index is 1.60. The van der Waals surface area contributed by atoms with Gasteiger partial charge in [0.1, 0.15) is 6.04 Å². The van der Waals surface area contributed by atoms with Gasteiger partial charge in [0.05, 0.1) is 25.0 Å². The second-order valence-corrected chi connectivity index (χ2v) is 8.13. The van der Waals surface area contributed by atoms with Crippen LogP contribution in [0.25, 0.3) is 0 Å². The summed E-state index contributed by atoms with van der Waals surface area (Å²) in [5.41, 5.74) is 0. The molecule has 2 heterocycles. The molecule has 136 valence electrons. The topological polar surface area (TPSA) is 66.9 Å². The van der Waals surface area contributed by atoms with E-state index in [-0.39, 0.29) is 47.3 Å². The molecule has 2 saturated heterocycles. The summed E-state index contributed by atoms with van der Waals surface area (Å²) in [6.07, 6.45) is 5.60. The zero-order valence-electron chi connectivity index (χ0n) is 14.9. The quantitative estimate of drug-likeness (QED) is 0.564. The van der Waals surface area contributed by atoms with Crippen LogP contribution in [0.1, 0.15) is 26.7 Å². The number of ether oxygens (including phenoxy) is 1. The second kappa shape index (κ2) is 6.24. The van der Waals surface area contributed by atoms with E-state index < -0.39 is 6.04 Å². The molecule has 4 aliphatic rings. The predicted octanol–water partition coefficient (Wildman–Crippen LogP) is 1.07. The average Bonchev–Trinajstić information content (AvgIpc) is 3.27. The van der Waals surface area contributed by atoms with Crippen LogP contribution in [0.3, 0.4) is 0 Å². The zero-order valence-corrected chi connectivity index (χ0v) is 14.9. The molecule has 0 aromatic rings. The molecule has 6 nitrogen and oxygen atoms in total. The first-order valence-electron chi connectivity index (χ1n) is 9.40. The van der Waals surface area contributed by atoms with Crippen molar-refractivity contribution in [3.05, 3.63) is 12.2 Å². The Morgan fingerprint density at radius 2 is 1.68 bits per heavy atom. The molecule has 6 heteroatoms. The number of carbonyl (C=O) groups excluding carboxylic acids is 3. The number of fused-ring (bicyclic) bond motifs is 5. The standard InChI is InChI=1S/C19H26N2O4/c1-11(2)9-14(17(22)20-5-7-25-8-6-20)21-18(23)15-12-3-4-13(10-12)16(15)19(21)24/h3-4,11-16H,5-10H2,1-2H3/t12-,13-,14-,15-,16+/m0/s1. The fourth-order valence-corrected chi connectivity index (χ4v) is 4.99. The minimum atomic E-state index is -0.664. The third-order valence-electron chi connectivity index (χ3n) is 6.12. The summed E-state index contributed by atoms with van der Waals surface area (Å²) in [4.78, 5) is 42.3. The molecule has 3 fully saturated rings. The van der Waals surface area contributed by atoms with Gasteiger partial charge < -0.3 is 9.64 Å². The summed E-state index contributed by atoms with van der Waals surface area (Å²) in [5.74, 6) is -0.253. The van der Waals surface area contributed by atoms with Crippen LogP contribution < -0.4 is 0 Å². The van der Waals surface area contributed by atoms with Crippen molar-refractivity contribution < 1.29 is 19.1 Å². The molecule has 1 saturated carbocycles.